The second-order valence-electron chi connectivity index (χ2n) is 8.29. The molecule has 7 nitrogen and oxygen atoms in total. The molecule has 0 aliphatic carbocycles. The minimum Gasteiger partial charge on any atom is -0.492 e. The molecule has 2 aliphatic heterocycles. The number of anilines is 1. The van der Waals surface area contributed by atoms with Gasteiger partial charge in [0.05, 0.1) is 27.8 Å². The lowest BCUT2D eigenvalue weighted by Gasteiger charge is -2.37. The van der Waals surface area contributed by atoms with Crippen molar-refractivity contribution in [2.24, 2.45) is 0 Å². The summed E-state index contributed by atoms with van der Waals surface area (Å²) in [5.74, 6) is 0.590. The number of piperidine rings is 1. The number of hydrogen-bond acceptors (Lipinski definition) is 5. The van der Waals surface area contributed by atoms with Crippen LogP contribution in [0.15, 0.2) is 47.4 Å². The highest BCUT2D eigenvalue weighted by Crippen LogP contribution is 2.30. The zero-order valence-electron chi connectivity index (χ0n) is 18.9. The Morgan fingerprint density at radius 2 is 1.67 bits per heavy atom. The minimum absolute atomic E-state index is 0.126. The molecule has 0 N–H and O–H groups in total. The zero-order chi connectivity index (χ0) is 23.4. The Morgan fingerprint density at radius 1 is 0.970 bits per heavy atom. The van der Waals surface area contributed by atoms with E-state index in [1.807, 2.05) is 31.2 Å². The van der Waals surface area contributed by atoms with E-state index in [1.165, 1.54) is 22.5 Å². The summed E-state index contributed by atoms with van der Waals surface area (Å²) in [4.78, 5) is 17.3. The monoisotopic (exact) mass is 491 g/mol. The molecule has 0 spiro atoms. The third-order valence-electron chi connectivity index (χ3n) is 6.19. The number of piperazine rings is 1. The molecular weight excluding hydrogens is 462 g/mol. The van der Waals surface area contributed by atoms with Gasteiger partial charge in [-0.25, -0.2) is 8.42 Å². The standard InChI is InChI=1S/C24H30ClN3O4S/c1-2-32-23-9-5-4-8-22(23)26-14-16-27(17-15-26)24(29)20-18-19(10-11-21(20)25)33(30,31)28-12-6-3-7-13-28/h4-5,8-11,18H,2-3,6-7,12-17H2,1H3. The highest BCUT2D eigenvalue weighted by molar-refractivity contribution is 7.89. The fourth-order valence-electron chi connectivity index (χ4n) is 4.40. The Hall–Kier alpha value is -2.29. The summed E-state index contributed by atoms with van der Waals surface area (Å²) in [6, 6.07) is 12.3. The van der Waals surface area contributed by atoms with E-state index in [0.717, 1.165) is 30.7 Å². The number of para-hydroxylation sites is 2. The highest BCUT2D eigenvalue weighted by atomic mass is 35.5. The predicted molar refractivity (Wildman–Crippen MR) is 130 cm³/mol. The van der Waals surface area contributed by atoms with Gasteiger partial charge in [-0.05, 0) is 50.1 Å². The van der Waals surface area contributed by atoms with Gasteiger partial charge in [0.1, 0.15) is 5.75 Å². The van der Waals surface area contributed by atoms with E-state index < -0.39 is 10.0 Å². The maximum Gasteiger partial charge on any atom is 0.255 e. The molecule has 9 heteroatoms. The highest BCUT2D eigenvalue weighted by Gasteiger charge is 2.29. The number of carbonyl (C=O) groups excluding carboxylic acids is 1. The number of hydrogen-bond donors (Lipinski definition) is 0. The maximum atomic E-state index is 13.3. The number of ether oxygens (including phenoxy) is 1. The fraction of sp³-hybridized carbons (Fsp3) is 0.458. The van der Waals surface area contributed by atoms with Crippen molar-refractivity contribution in [3.63, 3.8) is 0 Å². The topological polar surface area (TPSA) is 70.2 Å². The van der Waals surface area contributed by atoms with Crippen LogP contribution in [-0.2, 0) is 10.0 Å². The number of carbonyl (C=O) groups is 1. The molecule has 2 fully saturated rings. The lowest BCUT2D eigenvalue weighted by molar-refractivity contribution is 0.0746. The van der Waals surface area contributed by atoms with Crippen molar-refractivity contribution in [1.82, 2.24) is 9.21 Å². The molecule has 178 valence electrons. The summed E-state index contributed by atoms with van der Waals surface area (Å²) in [5, 5.41) is 0.265. The van der Waals surface area contributed by atoms with E-state index in [4.69, 9.17) is 16.3 Å². The average Bonchev–Trinajstić information content (AvgIpc) is 2.85. The Balaban J connectivity index is 1.49. The molecule has 2 aromatic carbocycles. The smallest absolute Gasteiger partial charge is 0.255 e. The summed E-state index contributed by atoms with van der Waals surface area (Å²) >= 11 is 6.34. The SMILES string of the molecule is CCOc1ccccc1N1CCN(C(=O)c2cc(S(=O)(=O)N3CCCCC3)ccc2Cl)CC1. The predicted octanol–water partition coefficient (Wildman–Crippen LogP) is 3.88. The van der Waals surface area contributed by atoms with Gasteiger partial charge in [0.15, 0.2) is 0 Å². The van der Waals surface area contributed by atoms with Crippen LogP contribution in [0.4, 0.5) is 5.69 Å². The van der Waals surface area contributed by atoms with Crippen molar-refractivity contribution in [3.05, 3.63) is 53.1 Å². The summed E-state index contributed by atoms with van der Waals surface area (Å²) in [7, 11) is -3.64. The van der Waals surface area contributed by atoms with Crippen LogP contribution in [0.5, 0.6) is 5.75 Å². The molecular formula is C24H30ClN3O4S. The molecule has 2 aromatic rings. The average molecular weight is 492 g/mol. The Labute approximate surface area is 200 Å². The first-order valence-electron chi connectivity index (χ1n) is 11.5. The quantitative estimate of drug-likeness (QED) is 0.613. The van der Waals surface area contributed by atoms with Crippen LogP contribution in [0.2, 0.25) is 5.02 Å². The largest absolute Gasteiger partial charge is 0.492 e. The number of sulfonamides is 1. The summed E-state index contributed by atoms with van der Waals surface area (Å²) in [6.07, 6.45) is 2.75. The van der Waals surface area contributed by atoms with Gasteiger partial charge in [0.25, 0.3) is 5.91 Å². The van der Waals surface area contributed by atoms with Crippen molar-refractivity contribution in [2.45, 2.75) is 31.1 Å². The van der Waals surface area contributed by atoms with Gasteiger partial charge in [-0.1, -0.05) is 30.2 Å². The van der Waals surface area contributed by atoms with Gasteiger partial charge in [-0.3, -0.25) is 4.79 Å². The molecule has 2 aliphatic rings. The van der Waals surface area contributed by atoms with Crippen LogP contribution in [-0.4, -0.2) is 69.4 Å². The third kappa shape index (κ3) is 5.13. The molecule has 0 atom stereocenters. The van der Waals surface area contributed by atoms with Crippen LogP contribution >= 0.6 is 11.6 Å². The van der Waals surface area contributed by atoms with Gasteiger partial charge < -0.3 is 14.5 Å². The molecule has 0 radical (unpaired) electrons. The first-order valence-corrected chi connectivity index (χ1v) is 13.3. The van der Waals surface area contributed by atoms with Crippen LogP contribution in [0, 0.1) is 0 Å². The Bertz CT molecular complexity index is 1090. The lowest BCUT2D eigenvalue weighted by atomic mass is 10.1. The molecule has 33 heavy (non-hydrogen) atoms. The molecule has 4 rings (SSSR count). The van der Waals surface area contributed by atoms with E-state index in [1.54, 1.807) is 4.90 Å². The normalized spacial score (nSPS) is 17.8. The second-order valence-corrected chi connectivity index (χ2v) is 10.6. The van der Waals surface area contributed by atoms with Crippen LogP contribution < -0.4 is 9.64 Å². The molecule has 0 bridgehead atoms. The van der Waals surface area contributed by atoms with Crippen molar-refractivity contribution in [1.29, 1.82) is 0 Å². The zero-order valence-corrected chi connectivity index (χ0v) is 20.4. The maximum absolute atomic E-state index is 13.3. The van der Waals surface area contributed by atoms with Crippen LogP contribution in [0.25, 0.3) is 0 Å². The van der Waals surface area contributed by atoms with Crippen molar-refractivity contribution < 1.29 is 17.9 Å². The molecule has 0 saturated carbocycles. The van der Waals surface area contributed by atoms with Crippen LogP contribution in [0.1, 0.15) is 36.5 Å². The number of benzene rings is 2. The van der Waals surface area contributed by atoms with Crippen molar-refractivity contribution in [2.75, 3.05) is 50.8 Å². The first kappa shape index (κ1) is 23.9. The number of nitrogens with zero attached hydrogens (tertiary/aromatic N) is 3. The van der Waals surface area contributed by atoms with Gasteiger partial charge in [-0.2, -0.15) is 4.31 Å². The van der Waals surface area contributed by atoms with E-state index in [2.05, 4.69) is 4.90 Å². The third-order valence-corrected chi connectivity index (χ3v) is 8.42. The fourth-order valence-corrected chi connectivity index (χ4v) is 6.14. The molecule has 2 saturated heterocycles. The summed E-state index contributed by atoms with van der Waals surface area (Å²) in [5.41, 5.74) is 1.25. The number of rotatable bonds is 6. The molecule has 0 unspecified atom stereocenters. The van der Waals surface area contributed by atoms with E-state index >= 15 is 0 Å². The van der Waals surface area contributed by atoms with Gasteiger partial charge >= 0.3 is 0 Å². The van der Waals surface area contributed by atoms with Gasteiger partial charge in [-0.15, -0.1) is 0 Å². The Kier molecular flexibility index (Phi) is 7.46. The molecule has 1 amide bonds. The lowest BCUT2D eigenvalue weighted by Crippen LogP contribution is -2.49. The first-order chi connectivity index (χ1) is 15.9. The number of halogens is 1. The van der Waals surface area contributed by atoms with Gasteiger partial charge in [0, 0.05) is 39.3 Å². The summed E-state index contributed by atoms with van der Waals surface area (Å²) in [6.45, 7) is 5.90. The molecule has 0 aromatic heterocycles. The van der Waals surface area contributed by atoms with Crippen LogP contribution in [0.3, 0.4) is 0 Å². The van der Waals surface area contributed by atoms with Gasteiger partial charge in [0.2, 0.25) is 10.0 Å². The van der Waals surface area contributed by atoms with E-state index in [0.29, 0.717) is 45.9 Å². The van der Waals surface area contributed by atoms with E-state index in [9.17, 15) is 13.2 Å². The molecule has 2 heterocycles. The van der Waals surface area contributed by atoms with E-state index in [-0.39, 0.29) is 21.4 Å². The van der Waals surface area contributed by atoms with Crippen molar-refractivity contribution >= 4 is 33.2 Å². The Morgan fingerprint density at radius 3 is 2.36 bits per heavy atom. The second kappa shape index (κ2) is 10.3. The number of amides is 1. The minimum atomic E-state index is -3.64. The van der Waals surface area contributed by atoms with Crippen molar-refractivity contribution in [3.8, 4) is 5.75 Å². The summed E-state index contributed by atoms with van der Waals surface area (Å²) < 4.78 is 33.4.